The molecule has 0 aliphatic carbocycles. The predicted octanol–water partition coefficient (Wildman–Crippen LogP) is 2.77. The van der Waals surface area contributed by atoms with Crippen molar-refractivity contribution < 1.29 is 32.2 Å². The fraction of sp³-hybridized carbons (Fsp3) is 0.375. The van der Waals surface area contributed by atoms with Crippen LogP contribution in [-0.2, 0) is 15.7 Å². The predicted molar refractivity (Wildman–Crippen MR) is 83.0 cm³/mol. The fourth-order valence-corrected chi connectivity index (χ4v) is 2.58. The van der Waals surface area contributed by atoms with E-state index < -0.39 is 29.3 Å². The number of esters is 1. The molecule has 0 bridgehead atoms. The first-order valence-corrected chi connectivity index (χ1v) is 7.12. The maximum Gasteiger partial charge on any atom is 0.417 e. The van der Waals surface area contributed by atoms with Gasteiger partial charge >= 0.3 is 12.1 Å². The van der Waals surface area contributed by atoms with E-state index in [0.717, 1.165) is 17.7 Å². The van der Waals surface area contributed by atoms with Crippen LogP contribution in [0.1, 0.15) is 18.5 Å². The highest BCUT2D eigenvalue weighted by molar-refractivity contribution is 5.88. The quantitative estimate of drug-likeness (QED) is 0.786. The van der Waals surface area contributed by atoms with Crippen LogP contribution in [0.4, 0.5) is 13.2 Å². The van der Waals surface area contributed by atoms with Gasteiger partial charge in [-0.15, -0.1) is 0 Å². The molecule has 0 saturated carbocycles. The Morgan fingerprint density at radius 3 is 2.12 bits per heavy atom. The summed E-state index contributed by atoms with van der Waals surface area (Å²) in [5.41, 5.74) is -2.22. The summed E-state index contributed by atoms with van der Waals surface area (Å²) in [7, 11) is 3.72. The molecule has 0 spiro atoms. The van der Waals surface area contributed by atoms with E-state index in [1.165, 1.54) is 27.2 Å². The van der Waals surface area contributed by atoms with Crippen LogP contribution < -0.4 is 15.0 Å². The molecule has 25 heavy (non-hydrogen) atoms. The van der Waals surface area contributed by atoms with E-state index in [9.17, 15) is 22.8 Å². The summed E-state index contributed by atoms with van der Waals surface area (Å²) in [5, 5.41) is -0.291. The van der Waals surface area contributed by atoms with Gasteiger partial charge in [-0.1, -0.05) is 0 Å². The zero-order valence-corrected chi connectivity index (χ0v) is 13.9. The SMILES string of the molecule is COC(=O)C(C)n1c(=O)cc(C(F)(F)F)c2cc(OC)c(OC)cc21. The van der Waals surface area contributed by atoms with E-state index in [-0.39, 0.29) is 22.4 Å². The van der Waals surface area contributed by atoms with Crippen LogP contribution >= 0.6 is 0 Å². The summed E-state index contributed by atoms with van der Waals surface area (Å²) >= 11 is 0. The molecule has 2 aromatic rings. The number of alkyl halides is 3. The van der Waals surface area contributed by atoms with Crippen LogP contribution in [0, 0.1) is 0 Å². The van der Waals surface area contributed by atoms with Crippen molar-refractivity contribution >= 4 is 16.9 Å². The number of hydrogen-bond donors (Lipinski definition) is 0. The standard InChI is InChI=1S/C16H16F3NO5/c1-8(15(22)25-4)20-11-7-13(24-3)12(23-2)5-9(11)10(6-14(20)21)16(17,18)19/h5-8H,1-4H3. The molecule has 0 aliphatic rings. The number of rotatable bonds is 4. The van der Waals surface area contributed by atoms with Crippen LogP contribution in [0.2, 0.25) is 0 Å². The lowest BCUT2D eigenvalue weighted by Crippen LogP contribution is -2.30. The Morgan fingerprint density at radius 2 is 1.64 bits per heavy atom. The second-order valence-corrected chi connectivity index (χ2v) is 5.19. The van der Waals surface area contributed by atoms with Gasteiger partial charge in [-0.05, 0) is 13.0 Å². The number of pyridine rings is 1. The molecule has 0 amide bonds. The van der Waals surface area contributed by atoms with Gasteiger partial charge in [0.2, 0.25) is 0 Å². The Labute approximate surface area is 140 Å². The first-order chi connectivity index (χ1) is 11.6. The first-order valence-electron chi connectivity index (χ1n) is 7.12. The normalized spacial score (nSPS) is 12.8. The number of carbonyl (C=O) groups excluding carboxylic acids is 1. The molecule has 0 radical (unpaired) electrons. The number of ether oxygens (including phenoxy) is 3. The highest BCUT2D eigenvalue weighted by Crippen LogP contribution is 2.39. The number of methoxy groups -OCH3 is 3. The van der Waals surface area contributed by atoms with Crippen molar-refractivity contribution in [2.24, 2.45) is 0 Å². The minimum Gasteiger partial charge on any atom is -0.493 e. The smallest absolute Gasteiger partial charge is 0.417 e. The van der Waals surface area contributed by atoms with Gasteiger partial charge in [-0.25, -0.2) is 4.79 Å². The number of carbonyl (C=O) groups is 1. The zero-order chi connectivity index (χ0) is 18.9. The summed E-state index contributed by atoms with van der Waals surface area (Å²) in [6, 6.07) is 1.68. The monoisotopic (exact) mass is 359 g/mol. The second kappa shape index (κ2) is 6.66. The third kappa shape index (κ3) is 3.26. The van der Waals surface area contributed by atoms with Gasteiger partial charge in [-0.2, -0.15) is 13.2 Å². The van der Waals surface area contributed by atoms with Crippen molar-refractivity contribution in [2.45, 2.75) is 19.1 Å². The molecule has 1 aromatic heterocycles. The van der Waals surface area contributed by atoms with Gasteiger partial charge in [0.1, 0.15) is 6.04 Å². The molecule has 1 atom stereocenters. The molecule has 1 unspecified atom stereocenters. The Kier molecular flexibility index (Phi) is 4.96. The maximum atomic E-state index is 13.4. The van der Waals surface area contributed by atoms with Gasteiger partial charge in [0, 0.05) is 17.5 Å². The lowest BCUT2D eigenvalue weighted by molar-refractivity contribution is -0.144. The minimum atomic E-state index is -4.76. The van der Waals surface area contributed by atoms with E-state index in [0.29, 0.717) is 6.07 Å². The first kappa shape index (κ1) is 18.6. The average Bonchev–Trinajstić information content (AvgIpc) is 2.57. The Balaban J connectivity index is 2.98. The van der Waals surface area contributed by atoms with Crippen LogP contribution in [0.15, 0.2) is 23.0 Å². The number of halogens is 3. The van der Waals surface area contributed by atoms with Crippen LogP contribution in [-0.4, -0.2) is 31.9 Å². The van der Waals surface area contributed by atoms with Crippen LogP contribution in [0.3, 0.4) is 0 Å². The Hall–Kier alpha value is -2.71. The average molecular weight is 359 g/mol. The largest absolute Gasteiger partial charge is 0.493 e. The molecule has 0 saturated heterocycles. The van der Waals surface area contributed by atoms with Crippen molar-refractivity contribution in [3.8, 4) is 11.5 Å². The third-order valence-electron chi connectivity index (χ3n) is 3.79. The van der Waals surface area contributed by atoms with Crippen molar-refractivity contribution in [3.63, 3.8) is 0 Å². The van der Waals surface area contributed by atoms with Gasteiger partial charge in [0.15, 0.2) is 11.5 Å². The molecular formula is C16H16F3NO5. The number of benzene rings is 1. The van der Waals surface area contributed by atoms with E-state index in [4.69, 9.17) is 9.47 Å². The molecule has 0 N–H and O–H groups in total. The molecule has 0 fully saturated rings. The summed E-state index contributed by atoms with van der Waals surface area (Å²) in [6.45, 7) is 1.36. The number of aromatic nitrogens is 1. The van der Waals surface area contributed by atoms with E-state index in [2.05, 4.69) is 4.74 Å². The van der Waals surface area contributed by atoms with Crippen LogP contribution in [0.25, 0.3) is 10.9 Å². The van der Waals surface area contributed by atoms with E-state index >= 15 is 0 Å². The lowest BCUT2D eigenvalue weighted by Gasteiger charge is -2.20. The van der Waals surface area contributed by atoms with E-state index in [1.54, 1.807) is 0 Å². The molecular weight excluding hydrogens is 343 g/mol. The van der Waals surface area contributed by atoms with Crippen molar-refractivity contribution in [1.29, 1.82) is 0 Å². The van der Waals surface area contributed by atoms with Crippen LogP contribution in [0.5, 0.6) is 11.5 Å². The molecule has 2 rings (SSSR count). The third-order valence-corrected chi connectivity index (χ3v) is 3.79. The van der Waals surface area contributed by atoms with E-state index in [1.807, 2.05) is 0 Å². The Morgan fingerprint density at radius 1 is 1.08 bits per heavy atom. The van der Waals surface area contributed by atoms with Gasteiger partial charge in [-0.3, -0.25) is 9.36 Å². The Bertz CT molecular complexity index is 873. The minimum absolute atomic E-state index is 0.0661. The molecule has 1 heterocycles. The molecule has 9 heteroatoms. The molecule has 6 nitrogen and oxygen atoms in total. The lowest BCUT2D eigenvalue weighted by atomic mass is 10.1. The summed E-state index contributed by atoms with van der Waals surface area (Å²) in [6.07, 6.45) is -4.76. The molecule has 136 valence electrons. The highest BCUT2D eigenvalue weighted by atomic mass is 19.4. The van der Waals surface area contributed by atoms with Gasteiger partial charge in [0.25, 0.3) is 5.56 Å². The zero-order valence-electron chi connectivity index (χ0n) is 13.9. The molecule has 0 aliphatic heterocycles. The summed E-state index contributed by atoms with van der Waals surface area (Å²) in [5.74, 6) is -0.575. The number of nitrogens with zero attached hydrogens (tertiary/aromatic N) is 1. The highest BCUT2D eigenvalue weighted by Gasteiger charge is 2.35. The second-order valence-electron chi connectivity index (χ2n) is 5.19. The maximum absolute atomic E-state index is 13.4. The molecule has 1 aromatic carbocycles. The summed E-state index contributed by atoms with van der Waals surface area (Å²) in [4.78, 5) is 24.1. The fourth-order valence-electron chi connectivity index (χ4n) is 2.58. The van der Waals surface area contributed by atoms with Gasteiger partial charge < -0.3 is 14.2 Å². The van der Waals surface area contributed by atoms with Crippen molar-refractivity contribution in [3.05, 3.63) is 34.1 Å². The van der Waals surface area contributed by atoms with Crippen molar-refractivity contribution in [1.82, 2.24) is 4.57 Å². The number of hydrogen-bond acceptors (Lipinski definition) is 5. The summed E-state index contributed by atoms with van der Waals surface area (Å²) < 4.78 is 55.7. The van der Waals surface area contributed by atoms with Gasteiger partial charge in [0.05, 0.1) is 32.4 Å². The topological polar surface area (TPSA) is 66.8 Å². The van der Waals surface area contributed by atoms with Crippen molar-refractivity contribution in [2.75, 3.05) is 21.3 Å². The number of fused-ring (bicyclic) bond motifs is 1.